The molecule has 1 aliphatic carbocycles. The van der Waals surface area contributed by atoms with Crippen molar-refractivity contribution in [3.8, 4) is 0 Å². The summed E-state index contributed by atoms with van der Waals surface area (Å²) in [5, 5.41) is 3.63. The second-order valence-electron chi connectivity index (χ2n) is 6.86. The minimum Gasteiger partial charge on any atom is -0.422 e. The molecule has 7 nitrogen and oxygen atoms in total. The Labute approximate surface area is 171 Å². The number of anilines is 2. The highest BCUT2D eigenvalue weighted by Gasteiger charge is 2.24. The zero-order chi connectivity index (χ0) is 20.5. The van der Waals surface area contributed by atoms with Crippen molar-refractivity contribution in [2.75, 3.05) is 23.3 Å². The van der Waals surface area contributed by atoms with Crippen molar-refractivity contribution in [1.82, 2.24) is 4.98 Å². The van der Waals surface area contributed by atoms with E-state index in [4.69, 9.17) is 4.42 Å². The predicted molar refractivity (Wildman–Crippen MR) is 113 cm³/mol. The lowest BCUT2D eigenvalue weighted by Crippen LogP contribution is -2.22. The van der Waals surface area contributed by atoms with E-state index in [0.29, 0.717) is 28.2 Å². The first-order chi connectivity index (χ1) is 14.0. The fourth-order valence-corrected chi connectivity index (χ4v) is 4.55. The van der Waals surface area contributed by atoms with Crippen LogP contribution in [0.5, 0.6) is 0 Å². The number of aromatic nitrogens is 1. The number of nitrogens with zero attached hydrogens (tertiary/aromatic N) is 2. The Morgan fingerprint density at radius 2 is 2.00 bits per heavy atom. The first-order valence-corrected chi connectivity index (χ1v) is 10.5. The largest absolute Gasteiger partial charge is 0.422 e. The molecule has 0 unspecified atom stereocenters. The van der Waals surface area contributed by atoms with Crippen molar-refractivity contribution in [2.45, 2.75) is 33.1 Å². The van der Waals surface area contributed by atoms with Crippen LogP contribution in [0.15, 0.2) is 33.5 Å². The minimum atomic E-state index is -0.705. The summed E-state index contributed by atoms with van der Waals surface area (Å²) >= 11 is 1.28. The maximum Gasteiger partial charge on any atom is 0.349 e. The zero-order valence-corrected chi connectivity index (χ0v) is 17.1. The molecule has 0 atom stereocenters. The fourth-order valence-electron chi connectivity index (χ4n) is 3.53. The number of nitrogens with one attached hydrogen (secondary N) is 1. The molecule has 2 aromatic heterocycles. The van der Waals surface area contributed by atoms with Gasteiger partial charge in [-0.3, -0.25) is 14.9 Å². The Kier molecular flexibility index (Phi) is 5.19. The quantitative estimate of drug-likeness (QED) is 0.641. The maximum absolute atomic E-state index is 12.6. The van der Waals surface area contributed by atoms with Crippen LogP contribution in [0.2, 0.25) is 0 Å². The van der Waals surface area contributed by atoms with E-state index in [1.54, 1.807) is 0 Å². The van der Waals surface area contributed by atoms with Crippen molar-refractivity contribution in [3.05, 3.63) is 50.8 Å². The van der Waals surface area contributed by atoms with Crippen LogP contribution in [0.4, 0.5) is 10.8 Å². The fraction of sp³-hybridized carbons (Fsp3) is 0.333. The number of hydrogen-bond donors (Lipinski definition) is 1. The van der Waals surface area contributed by atoms with E-state index in [2.05, 4.69) is 29.0 Å². The van der Waals surface area contributed by atoms with Gasteiger partial charge in [0.05, 0.1) is 0 Å². The molecule has 1 amide bonds. The van der Waals surface area contributed by atoms with E-state index >= 15 is 0 Å². The molecule has 150 valence electrons. The van der Waals surface area contributed by atoms with Gasteiger partial charge in [0.2, 0.25) is 0 Å². The van der Waals surface area contributed by atoms with Gasteiger partial charge in [0.15, 0.2) is 10.9 Å². The third-order valence-corrected chi connectivity index (χ3v) is 6.11. The normalized spacial score (nSPS) is 13.4. The van der Waals surface area contributed by atoms with Gasteiger partial charge in [-0.1, -0.05) is 0 Å². The summed E-state index contributed by atoms with van der Waals surface area (Å²) in [7, 11) is 0. The average molecular weight is 411 g/mol. The minimum absolute atomic E-state index is 0.00257. The Morgan fingerprint density at radius 1 is 1.21 bits per heavy atom. The number of amides is 1. The molecule has 1 aliphatic rings. The first kappa shape index (κ1) is 19.3. The third-order valence-electron chi connectivity index (χ3n) is 5.08. The van der Waals surface area contributed by atoms with Crippen LogP contribution in [0.1, 0.15) is 52.4 Å². The van der Waals surface area contributed by atoms with E-state index in [-0.39, 0.29) is 11.3 Å². The Hall–Kier alpha value is -3.00. The van der Waals surface area contributed by atoms with Crippen molar-refractivity contribution < 1.29 is 14.0 Å². The number of aryl methyl sites for hydroxylation is 1. The van der Waals surface area contributed by atoms with Gasteiger partial charge in [-0.15, -0.1) is 11.3 Å². The zero-order valence-electron chi connectivity index (χ0n) is 16.3. The standard InChI is InChI=1S/C21H21N3O4S/c1-3-24(4-2)13-9-8-12-10-14(20(27)28-16(12)11-13)19(26)23-21-22-18-15(25)6-5-7-17(18)29-21/h8-11H,3-7H2,1-2H3,(H,22,23,26). The molecule has 2 heterocycles. The topological polar surface area (TPSA) is 92.5 Å². The number of thiazole rings is 1. The van der Waals surface area contributed by atoms with Crippen molar-refractivity contribution in [1.29, 1.82) is 0 Å². The summed E-state index contributed by atoms with van der Waals surface area (Å²) in [4.78, 5) is 44.3. The van der Waals surface area contributed by atoms with E-state index in [9.17, 15) is 14.4 Å². The van der Waals surface area contributed by atoms with Gasteiger partial charge in [0.1, 0.15) is 16.8 Å². The summed E-state index contributed by atoms with van der Waals surface area (Å²) in [6, 6.07) is 7.12. The number of Topliss-reactive ketones (excluding diaryl/α,β-unsaturated/α-hetero) is 1. The summed E-state index contributed by atoms with van der Waals surface area (Å²) < 4.78 is 5.42. The molecule has 0 radical (unpaired) electrons. The Morgan fingerprint density at radius 3 is 2.72 bits per heavy atom. The number of carbonyl (C=O) groups excluding carboxylic acids is 2. The second kappa shape index (κ2) is 7.79. The number of fused-ring (bicyclic) bond motifs is 2. The lowest BCUT2D eigenvalue weighted by atomic mass is 10.0. The second-order valence-corrected chi connectivity index (χ2v) is 7.95. The Balaban J connectivity index is 1.62. The lowest BCUT2D eigenvalue weighted by Gasteiger charge is -2.20. The van der Waals surface area contributed by atoms with Crippen LogP contribution < -0.4 is 15.8 Å². The van der Waals surface area contributed by atoms with Gasteiger partial charge >= 0.3 is 5.63 Å². The highest BCUT2D eigenvalue weighted by molar-refractivity contribution is 7.16. The molecular formula is C21H21N3O4S. The van der Waals surface area contributed by atoms with Crippen LogP contribution in [-0.4, -0.2) is 29.8 Å². The molecule has 1 N–H and O–H groups in total. The summed E-state index contributed by atoms with van der Waals surface area (Å²) in [6.45, 7) is 5.79. The third kappa shape index (κ3) is 3.67. The average Bonchev–Trinajstić information content (AvgIpc) is 3.12. The smallest absolute Gasteiger partial charge is 0.349 e. The molecular weight excluding hydrogens is 390 g/mol. The van der Waals surface area contributed by atoms with E-state index in [1.165, 1.54) is 17.4 Å². The van der Waals surface area contributed by atoms with Gasteiger partial charge in [-0.25, -0.2) is 9.78 Å². The molecule has 0 saturated carbocycles. The van der Waals surface area contributed by atoms with Crippen LogP contribution in [-0.2, 0) is 6.42 Å². The molecule has 0 fully saturated rings. The van der Waals surface area contributed by atoms with Crippen molar-refractivity contribution >= 4 is 44.8 Å². The molecule has 0 aliphatic heterocycles. The molecule has 0 bridgehead atoms. The van der Waals surface area contributed by atoms with E-state index in [0.717, 1.165) is 36.5 Å². The van der Waals surface area contributed by atoms with Crippen LogP contribution in [0.3, 0.4) is 0 Å². The lowest BCUT2D eigenvalue weighted by molar-refractivity contribution is 0.0966. The van der Waals surface area contributed by atoms with Crippen LogP contribution in [0, 0.1) is 0 Å². The SMILES string of the molecule is CCN(CC)c1ccc2cc(C(=O)Nc3nc4c(s3)CCCC4=O)c(=O)oc2c1. The van der Waals surface area contributed by atoms with E-state index in [1.807, 2.05) is 18.2 Å². The predicted octanol–water partition coefficient (Wildman–Crippen LogP) is 3.87. The molecule has 0 saturated heterocycles. The highest BCUT2D eigenvalue weighted by Crippen LogP contribution is 2.30. The van der Waals surface area contributed by atoms with Crippen LogP contribution in [0.25, 0.3) is 11.0 Å². The molecule has 8 heteroatoms. The number of carbonyl (C=O) groups is 2. The summed E-state index contributed by atoms with van der Waals surface area (Å²) in [5.74, 6) is -0.593. The summed E-state index contributed by atoms with van der Waals surface area (Å²) in [6.07, 6.45) is 2.06. The molecule has 0 spiro atoms. The number of benzene rings is 1. The summed E-state index contributed by atoms with van der Waals surface area (Å²) in [5.41, 5.74) is 1.04. The monoisotopic (exact) mass is 411 g/mol. The van der Waals surface area contributed by atoms with Gasteiger partial charge in [0, 0.05) is 41.5 Å². The molecule has 29 heavy (non-hydrogen) atoms. The van der Waals surface area contributed by atoms with Gasteiger partial charge < -0.3 is 9.32 Å². The highest BCUT2D eigenvalue weighted by atomic mass is 32.1. The number of hydrogen-bond acceptors (Lipinski definition) is 7. The van der Waals surface area contributed by atoms with Crippen molar-refractivity contribution in [2.24, 2.45) is 0 Å². The molecule has 4 rings (SSSR count). The van der Waals surface area contributed by atoms with Gasteiger partial charge in [-0.05, 0) is 44.9 Å². The van der Waals surface area contributed by atoms with Crippen molar-refractivity contribution in [3.63, 3.8) is 0 Å². The number of rotatable bonds is 5. The van der Waals surface area contributed by atoms with Crippen LogP contribution >= 0.6 is 11.3 Å². The van der Waals surface area contributed by atoms with Gasteiger partial charge in [0.25, 0.3) is 5.91 Å². The van der Waals surface area contributed by atoms with E-state index < -0.39 is 11.5 Å². The Bertz CT molecular complexity index is 1160. The maximum atomic E-state index is 12.6. The van der Waals surface area contributed by atoms with Gasteiger partial charge in [-0.2, -0.15) is 0 Å². The number of ketones is 1. The molecule has 3 aromatic rings. The first-order valence-electron chi connectivity index (χ1n) is 9.67. The molecule has 1 aromatic carbocycles.